The zero-order chi connectivity index (χ0) is 18.8. The van der Waals surface area contributed by atoms with Crippen molar-refractivity contribution in [2.75, 3.05) is 31.2 Å². The number of pyridine rings is 2. The van der Waals surface area contributed by atoms with Crippen molar-refractivity contribution >= 4 is 5.82 Å². The average Bonchev–Trinajstić information content (AvgIpc) is 3.23. The van der Waals surface area contributed by atoms with Crippen molar-refractivity contribution in [3.8, 4) is 22.8 Å². The Labute approximate surface area is 163 Å². The topological polar surface area (TPSA) is 73.3 Å². The van der Waals surface area contributed by atoms with Gasteiger partial charge in [-0.25, -0.2) is 9.97 Å². The third-order valence-electron chi connectivity index (χ3n) is 5.22. The molecule has 7 heteroatoms. The van der Waals surface area contributed by atoms with E-state index in [1.54, 1.807) is 18.6 Å². The lowest BCUT2D eigenvalue weighted by Gasteiger charge is -2.38. The Balaban J connectivity index is 1.50. The van der Waals surface area contributed by atoms with Crippen molar-refractivity contribution in [2.24, 2.45) is 0 Å². The Hall–Kier alpha value is -2.90. The van der Waals surface area contributed by atoms with Gasteiger partial charge in [0.05, 0.1) is 24.6 Å². The largest absolute Gasteiger partial charge is 0.356 e. The van der Waals surface area contributed by atoms with E-state index < -0.39 is 5.79 Å². The van der Waals surface area contributed by atoms with E-state index >= 15 is 0 Å². The van der Waals surface area contributed by atoms with Gasteiger partial charge in [-0.2, -0.15) is 0 Å². The minimum Gasteiger partial charge on any atom is -0.356 e. The lowest BCUT2D eigenvalue weighted by atomic mass is 10.0. The summed E-state index contributed by atoms with van der Waals surface area (Å²) in [6, 6.07) is 11.7. The summed E-state index contributed by atoms with van der Waals surface area (Å²) in [4.78, 5) is 20.5. The normalized spacial score (nSPS) is 18.5. The van der Waals surface area contributed by atoms with Gasteiger partial charge >= 0.3 is 0 Å². The summed E-state index contributed by atoms with van der Waals surface area (Å²) in [5.74, 6) is 1.14. The van der Waals surface area contributed by atoms with Crippen LogP contribution in [0.15, 0.2) is 55.0 Å². The third kappa shape index (κ3) is 3.34. The molecular formula is C21H21N5O2. The molecule has 2 aliphatic rings. The maximum atomic E-state index is 5.85. The van der Waals surface area contributed by atoms with Crippen molar-refractivity contribution in [3.63, 3.8) is 0 Å². The molecule has 1 spiro atoms. The SMILES string of the molecule is c1ccc(-c2cc(N3CCC4(CC3)OCCO4)nc(-c3cccnc3)n2)nc1. The average molecular weight is 375 g/mol. The van der Waals surface area contributed by atoms with Crippen molar-refractivity contribution in [3.05, 3.63) is 55.0 Å². The van der Waals surface area contributed by atoms with Crippen molar-refractivity contribution in [1.82, 2.24) is 19.9 Å². The van der Waals surface area contributed by atoms with E-state index in [-0.39, 0.29) is 0 Å². The quantitative estimate of drug-likeness (QED) is 0.697. The maximum absolute atomic E-state index is 5.85. The summed E-state index contributed by atoms with van der Waals surface area (Å²) >= 11 is 0. The van der Waals surface area contributed by atoms with Crippen molar-refractivity contribution < 1.29 is 9.47 Å². The predicted molar refractivity (Wildman–Crippen MR) is 105 cm³/mol. The Morgan fingerprint density at radius 3 is 2.46 bits per heavy atom. The van der Waals surface area contributed by atoms with Gasteiger partial charge in [-0.15, -0.1) is 0 Å². The molecule has 3 aromatic rings. The number of nitrogens with zero attached hydrogens (tertiary/aromatic N) is 5. The fourth-order valence-electron chi connectivity index (χ4n) is 3.73. The monoisotopic (exact) mass is 375 g/mol. The standard InChI is InChI=1S/C21H21N5O2/c1-2-9-23-17(5-1)18-14-19(25-20(24-18)16-4-3-8-22-15-16)26-10-6-21(7-11-26)27-12-13-28-21/h1-5,8-9,14-15H,6-7,10-13H2. The molecule has 0 unspecified atom stereocenters. The summed E-state index contributed by atoms with van der Waals surface area (Å²) in [6.45, 7) is 3.02. The Morgan fingerprint density at radius 1 is 0.893 bits per heavy atom. The van der Waals surface area contributed by atoms with Crippen molar-refractivity contribution in [2.45, 2.75) is 18.6 Å². The molecule has 3 aromatic heterocycles. The number of piperidine rings is 1. The molecule has 2 aliphatic heterocycles. The second-order valence-corrected chi connectivity index (χ2v) is 6.99. The van der Waals surface area contributed by atoms with Crippen LogP contribution in [0.1, 0.15) is 12.8 Å². The highest BCUT2D eigenvalue weighted by molar-refractivity contribution is 5.65. The van der Waals surface area contributed by atoms with Crippen LogP contribution in [0.3, 0.4) is 0 Å². The molecule has 2 fully saturated rings. The van der Waals surface area contributed by atoms with E-state index in [0.717, 1.165) is 48.7 Å². The van der Waals surface area contributed by atoms with Gasteiger partial charge in [0.25, 0.3) is 0 Å². The molecule has 28 heavy (non-hydrogen) atoms. The fourth-order valence-corrected chi connectivity index (χ4v) is 3.73. The molecule has 0 amide bonds. The van der Waals surface area contributed by atoms with E-state index in [9.17, 15) is 0 Å². The van der Waals surface area contributed by atoms with Crippen LogP contribution in [-0.4, -0.2) is 52.0 Å². The Bertz CT molecular complexity index is 878. The summed E-state index contributed by atoms with van der Waals surface area (Å²) in [6.07, 6.45) is 6.97. The maximum Gasteiger partial charge on any atom is 0.171 e. The number of ether oxygens (including phenoxy) is 2. The van der Waals surface area contributed by atoms with E-state index in [1.165, 1.54) is 0 Å². The van der Waals surface area contributed by atoms with Gasteiger partial charge in [0, 0.05) is 56.2 Å². The molecule has 0 atom stereocenters. The summed E-state index contributed by atoms with van der Waals surface area (Å²) < 4.78 is 11.7. The van der Waals surface area contributed by atoms with Crippen LogP contribution in [0, 0.1) is 0 Å². The van der Waals surface area contributed by atoms with E-state index in [0.29, 0.717) is 19.0 Å². The van der Waals surface area contributed by atoms with Gasteiger partial charge in [0.2, 0.25) is 0 Å². The van der Waals surface area contributed by atoms with Gasteiger partial charge in [0.15, 0.2) is 11.6 Å². The molecular weight excluding hydrogens is 354 g/mol. The molecule has 142 valence electrons. The molecule has 2 saturated heterocycles. The first kappa shape index (κ1) is 17.2. The minimum absolute atomic E-state index is 0.403. The fraction of sp³-hybridized carbons (Fsp3) is 0.333. The van der Waals surface area contributed by atoms with Gasteiger partial charge in [-0.3, -0.25) is 9.97 Å². The smallest absolute Gasteiger partial charge is 0.171 e. The molecule has 0 N–H and O–H groups in total. The van der Waals surface area contributed by atoms with Crippen LogP contribution in [-0.2, 0) is 9.47 Å². The number of aromatic nitrogens is 4. The molecule has 5 rings (SSSR count). The van der Waals surface area contributed by atoms with Crippen molar-refractivity contribution in [1.29, 1.82) is 0 Å². The molecule has 0 bridgehead atoms. The van der Waals surface area contributed by atoms with Crippen LogP contribution in [0.5, 0.6) is 0 Å². The Kier molecular flexibility index (Phi) is 4.46. The highest BCUT2D eigenvalue weighted by Crippen LogP contribution is 2.34. The van der Waals surface area contributed by atoms with Gasteiger partial charge in [-0.05, 0) is 24.3 Å². The van der Waals surface area contributed by atoms with Crippen LogP contribution < -0.4 is 4.90 Å². The predicted octanol–water partition coefficient (Wildman–Crippen LogP) is 2.94. The Morgan fingerprint density at radius 2 is 1.75 bits per heavy atom. The lowest BCUT2D eigenvalue weighted by molar-refractivity contribution is -0.169. The highest BCUT2D eigenvalue weighted by atomic mass is 16.7. The number of rotatable bonds is 3. The first-order chi connectivity index (χ1) is 13.8. The van der Waals surface area contributed by atoms with E-state index in [2.05, 4.69) is 14.9 Å². The second-order valence-electron chi connectivity index (χ2n) is 6.99. The number of anilines is 1. The third-order valence-corrected chi connectivity index (χ3v) is 5.22. The van der Waals surface area contributed by atoms with Crippen LogP contribution in [0.25, 0.3) is 22.8 Å². The van der Waals surface area contributed by atoms with Gasteiger partial charge in [0.1, 0.15) is 5.82 Å². The van der Waals surface area contributed by atoms with Crippen LogP contribution in [0.2, 0.25) is 0 Å². The second kappa shape index (κ2) is 7.26. The van der Waals surface area contributed by atoms with Gasteiger partial charge in [-0.1, -0.05) is 6.07 Å². The van der Waals surface area contributed by atoms with Gasteiger partial charge < -0.3 is 14.4 Å². The zero-order valence-corrected chi connectivity index (χ0v) is 15.5. The van der Waals surface area contributed by atoms with E-state index in [1.807, 2.05) is 36.4 Å². The summed E-state index contributed by atoms with van der Waals surface area (Å²) in [7, 11) is 0. The molecule has 0 aliphatic carbocycles. The molecule has 7 nitrogen and oxygen atoms in total. The highest BCUT2D eigenvalue weighted by Gasteiger charge is 2.40. The van der Waals surface area contributed by atoms with E-state index in [4.69, 9.17) is 19.4 Å². The molecule has 0 radical (unpaired) electrons. The molecule has 5 heterocycles. The first-order valence-corrected chi connectivity index (χ1v) is 9.55. The van der Waals surface area contributed by atoms with Crippen LogP contribution in [0.4, 0.5) is 5.82 Å². The lowest BCUT2D eigenvalue weighted by Crippen LogP contribution is -2.45. The number of hydrogen-bond donors (Lipinski definition) is 0. The summed E-state index contributed by atoms with van der Waals surface area (Å²) in [5, 5.41) is 0. The first-order valence-electron chi connectivity index (χ1n) is 9.55. The van der Waals surface area contributed by atoms with Crippen LogP contribution >= 0.6 is 0 Å². The number of hydrogen-bond acceptors (Lipinski definition) is 7. The minimum atomic E-state index is -0.403. The summed E-state index contributed by atoms with van der Waals surface area (Å²) in [5.41, 5.74) is 2.52. The zero-order valence-electron chi connectivity index (χ0n) is 15.5. The molecule has 0 saturated carbocycles. The molecule has 0 aromatic carbocycles.